The average molecular weight is 455 g/mol. The standard InChI is InChI=1S/C22H23BrN4O2/c1-13(2)11-27-21-16(10-24-27)7-18(23)8-17(21)12-26-20-6-5-15(22(28)29-4)9-19(20)14(3)25-26/h5-10,13H,11-12H2,1-4H3. The van der Waals surface area contributed by atoms with E-state index in [1.54, 1.807) is 6.07 Å². The Kier molecular flexibility index (Phi) is 5.17. The number of aromatic nitrogens is 4. The molecule has 2 aromatic heterocycles. The highest BCUT2D eigenvalue weighted by atomic mass is 79.9. The zero-order valence-electron chi connectivity index (χ0n) is 16.9. The minimum Gasteiger partial charge on any atom is -0.465 e. The first kappa shape index (κ1) is 19.6. The molecule has 0 spiro atoms. The second kappa shape index (κ2) is 7.63. The van der Waals surface area contributed by atoms with E-state index in [9.17, 15) is 4.79 Å². The molecule has 0 fully saturated rings. The smallest absolute Gasteiger partial charge is 0.337 e. The molecule has 0 unspecified atom stereocenters. The molecule has 0 aliphatic carbocycles. The van der Waals surface area contributed by atoms with Crippen LogP contribution in [-0.4, -0.2) is 32.6 Å². The fourth-order valence-corrected chi connectivity index (χ4v) is 4.28. The maximum Gasteiger partial charge on any atom is 0.337 e. The summed E-state index contributed by atoms with van der Waals surface area (Å²) in [5.74, 6) is 0.157. The molecule has 0 amide bonds. The Bertz CT molecular complexity index is 1220. The van der Waals surface area contributed by atoms with E-state index >= 15 is 0 Å². The van der Waals surface area contributed by atoms with Gasteiger partial charge in [-0.2, -0.15) is 10.2 Å². The summed E-state index contributed by atoms with van der Waals surface area (Å²) < 4.78 is 9.93. The van der Waals surface area contributed by atoms with E-state index in [-0.39, 0.29) is 5.97 Å². The summed E-state index contributed by atoms with van der Waals surface area (Å²) in [5, 5.41) is 11.4. The Hall–Kier alpha value is -2.67. The van der Waals surface area contributed by atoms with Gasteiger partial charge in [-0.3, -0.25) is 9.36 Å². The van der Waals surface area contributed by atoms with Crippen molar-refractivity contribution < 1.29 is 9.53 Å². The van der Waals surface area contributed by atoms with Crippen molar-refractivity contribution in [1.82, 2.24) is 19.6 Å². The lowest BCUT2D eigenvalue weighted by molar-refractivity contribution is 0.0601. The predicted octanol–water partition coefficient (Wildman–Crippen LogP) is 4.95. The molecular formula is C22H23BrN4O2. The predicted molar refractivity (Wildman–Crippen MR) is 117 cm³/mol. The number of fused-ring (bicyclic) bond motifs is 2. The zero-order valence-corrected chi connectivity index (χ0v) is 18.5. The molecule has 0 aliphatic rings. The summed E-state index contributed by atoms with van der Waals surface area (Å²) in [6.07, 6.45) is 1.92. The second-order valence-electron chi connectivity index (χ2n) is 7.69. The van der Waals surface area contributed by atoms with E-state index in [1.807, 2.05) is 29.9 Å². The molecule has 4 rings (SSSR count). The minimum atomic E-state index is -0.342. The number of carbonyl (C=O) groups excluding carboxylic acids is 1. The summed E-state index contributed by atoms with van der Waals surface area (Å²) >= 11 is 3.63. The number of methoxy groups -OCH3 is 1. The highest BCUT2D eigenvalue weighted by Crippen LogP contribution is 2.28. The SMILES string of the molecule is COC(=O)c1ccc2c(c1)c(C)nn2Cc1cc(Br)cc2cnn(CC(C)C)c12. The van der Waals surface area contributed by atoms with Crippen LogP contribution in [0.4, 0.5) is 0 Å². The molecule has 0 aliphatic heterocycles. The number of carbonyl (C=O) groups is 1. The molecule has 6 nitrogen and oxygen atoms in total. The summed E-state index contributed by atoms with van der Waals surface area (Å²) in [5.41, 5.74) is 4.68. The quantitative estimate of drug-likeness (QED) is 0.400. The van der Waals surface area contributed by atoms with Gasteiger partial charge in [-0.25, -0.2) is 4.79 Å². The highest BCUT2D eigenvalue weighted by Gasteiger charge is 2.15. The van der Waals surface area contributed by atoms with Gasteiger partial charge in [-0.1, -0.05) is 29.8 Å². The van der Waals surface area contributed by atoms with Crippen LogP contribution in [0.3, 0.4) is 0 Å². The van der Waals surface area contributed by atoms with Crippen molar-refractivity contribution in [3.63, 3.8) is 0 Å². The molecule has 7 heteroatoms. The molecule has 4 aromatic rings. The van der Waals surface area contributed by atoms with E-state index in [0.29, 0.717) is 18.0 Å². The van der Waals surface area contributed by atoms with Crippen molar-refractivity contribution in [3.05, 3.63) is 57.8 Å². The van der Waals surface area contributed by atoms with Crippen molar-refractivity contribution in [3.8, 4) is 0 Å². The number of benzene rings is 2. The molecule has 0 atom stereocenters. The first-order chi connectivity index (χ1) is 13.9. The van der Waals surface area contributed by atoms with Gasteiger partial charge in [-0.15, -0.1) is 0 Å². The Morgan fingerprint density at radius 1 is 1.21 bits per heavy atom. The van der Waals surface area contributed by atoms with Crippen molar-refractivity contribution >= 4 is 43.7 Å². The Morgan fingerprint density at radius 2 is 2.00 bits per heavy atom. The number of esters is 1. The van der Waals surface area contributed by atoms with E-state index in [4.69, 9.17) is 9.84 Å². The Morgan fingerprint density at radius 3 is 2.72 bits per heavy atom. The zero-order chi connectivity index (χ0) is 20.7. The van der Waals surface area contributed by atoms with Crippen LogP contribution < -0.4 is 0 Å². The first-order valence-electron chi connectivity index (χ1n) is 9.56. The normalized spacial score (nSPS) is 11.7. The molecular weight excluding hydrogens is 432 g/mol. The van der Waals surface area contributed by atoms with Crippen LogP contribution in [0.1, 0.15) is 35.5 Å². The van der Waals surface area contributed by atoms with Crippen molar-refractivity contribution in [1.29, 1.82) is 0 Å². The lowest BCUT2D eigenvalue weighted by Crippen LogP contribution is -2.09. The van der Waals surface area contributed by atoms with Gasteiger partial charge in [0.1, 0.15) is 0 Å². The third kappa shape index (κ3) is 3.67. The largest absolute Gasteiger partial charge is 0.465 e. The van der Waals surface area contributed by atoms with Gasteiger partial charge in [0.15, 0.2) is 0 Å². The molecule has 150 valence electrons. The maximum absolute atomic E-state index is 11.9. The monoisotopic (exact) mass is 454 g/mol. The molecule has 0 bridgehead atoms. The minimum absolute atomic E-state index is 0.342. The number of rotatable bonds is 5. The lowest BCUT2D eigenvalue weighted by atomic mass is 10.1. The van der Waals surface area contributed by atoms with E-state index < -0.39 is 0 Å². The molecule has 0 radical (unpaired) electrons. The molecule has 0 saturated carbocycles. The molecule has 2 heterocycles. The highest BCUT2D eigenvalue weighted by molar-refractivity contribution is 9.10. The number of hydrogen-bond donors (Lipinski definition) is 0. The number of ether oxygens (including phenoxy) is 1. The Balaban J connectivity index is 1.81. The number of hydrogen-bond acceptors (Lipinski definition) is 4. The van der Waals surface area contributed by atoms with Crippen LogP contribution in [0.15, 0.2) is 41.0 Å². The van der Waals surface area contributed by atoms with Crippen LogP contribution in [-0.2, 0) is 17.8 Å². The van der Waals surface area contributed by atoms with Crippen molar-refractivity contribution in [2.24, 2.45) is 5.92 Å². The van der Waals surface area contributed by atoms with Crippen LogP contribution in [0.25, 0.3) is 21.8 Å². The van der Waals surface area contributed by atoms with Gasteiger partial charge >= 0.3 is 5.97 Å². The van der Waals surface area contributed by atoms with E-state index in [1.165, 1.54) is 7.11 Å². The summed E-state index contributed by atoms with van der Waals surface area (Å²) in [4.78, 5) is 11.9. The first-order valence-corrected chi connectivity index (χ1v) is 10.4. The summed E-state index contributed by atoms with van der Waals surface area (Å²) in [6.45, 7) is 7.81. The number of aryl methyl sites for hydroxylation is 1. The number of halogens is 1. The second-order valence-corrected chi connectivity index (χ2v) is 8.61. The lowest BCUT2D eigenvalue weighted by Gasteiger charge is -2.12. The third-order valence-electron chi connectivity index (χ3n) is 4.99. The molecule has 0 saturated heterocycles. The van der Waals surface area contributed by atoms with E-state index in [2.05, 4.69) is 51.7 Å². The van der Waals surface area contributed by atoms with Crippen LogP contribution in [0.5, 0.6) is 0 Å². The fraction of sp³-hybridized carbons (Fsp3) is 0.318. The van der Waals surface area contributed by atoms with Crippen LogP contribution >= 0.6 is 15.9 Å². The Labute approximate surface area is 177 Å². The van der Waals surface area contributed by atoms with Crippen LogP contribution in [0, 0.1) is 12.8 Å². The van der Waals surface area contributed by atoms with Crippen molar-refractivity contribution in [2.75, 3.05) is 7.11 Å². The van der Waals surface area contributed by atoms with Crippen molar-refractivity contribution in [2.45, 2.75) is 33.9 Å². The maximum atomic E-state index is 11.9. The summed E-state index contributed by atoms with van der Waals surface area (Å²) in [7, 11) is 1.39. The number of nitrogens with zero attached hydrogens (tertiary/aromatic N) is 4. The van der Waals surface area contributed by atoms with Gasteiger partial charge in [0.05, 0.1) is 42.1 Å². The fourth-order valence-electron chi connectivity index (χ4n) is 3.75. The molecule has 29 heavy (non-hydrogen) atoms. The molecule has 0 N–H and O–H groups in total. The molecule has 2 aromatic carbocycles. The van der Waals surface area contributed by atoms with Gasteiger partial charge in [0, 0.05) is 27.4 Å². The van der Waals surface area contributed by atoms with Crippen LogP contribution in [0.2, 0.25) is 0 Å². The third-order valence-corrected chi connectivity index (χ3v) is 5.45. The van der Waals surface area contributed by atoms with Gasteiger partial charge < -0.3 is 4.74 Å². The summed E-state index contributed by atoms with van der Waals surface area (Å²) in [6, 6.07) is 9.79. The van der Waals surface area contributed by atoms with Gasteiger partial charge in [0.2, 0.25) is 0 Å². The topological polar surface area (TPSA) is 61.9 Å². The van der Waals surface area contributed by atoms with Gasteiger partial charge in [0.25, 0.3) is 0 Å². The van der Waals surface area contributed by atoms with Gasteiger partial charge in [-0.05, 0) is 43.2 Å². The van der Waals surface area contributed by atoms with E-state index in [0.717, 1.165) is 44.1 Å². The average Bonchev–Trinajstić information content (AvgIpc) is 3.21.